The molecule has 1 saturated heterocycles. The number of nitrogens with zero attached hydrogens (tertiary/aromatic N) is 1. The van der Waals surface area contributed by atoms with E-state index in [1.54, 1.807) is 0 Å². The topological polar surface area (TPSA) is 26.2 Å². The van der Waals surface area contributed by atoms with Gasteiger partial charge in [0.15, 0.2) is 0 Å². The highest BCUT2D eigenvalue weighted by atomic mass is 16.5. The summed E-state index contributed by atoms with van der Waals surface area (Å²) in [5.74, 6) is 1.67. The van der Waals surface area contributed by atoms with Crippen molar-refractivity contribution in [1.82, 2.24) is 9.88 Å². The maximum Gasteiger partial charge on any atom is 0.143 e. The van der Waals surface area contributed by atoms with Crippen molar-refractivity contribution in [1.29, 1.82) is 0 Å². The summed E-state index contributed by atoms with van der Waals surface area (Å²) in [5, 5.41) is 4.50. The third-order valence-electron chi connectivity index (χ3n) is 3.20. The first-order chi connectivity index (χ1) is 7.84. The number of benzene rings is 1. The second-order valence-electron chi connectivity index (χ2n) is 4.46. The molecule has 84 valence electrons. The second kappa shape index (κ2) is 3.83. The summed E-state index contributed by atoms with van der Waals surface area (Å²) in [6.07, 6.45) is 2.07. The zero-order chi connectivity index (χ0) is 11.0. The molecular weight excluding hydrogens is 200 g/mol. The quantitative estimate of drug-likeness (QED) is 0.846. The van der Waals surface area contributed by atoms with Gasteiger partial charge in [-0.15, -0.1) is 0 Å². The summed E-state index contributed by atoms with van der Waals surface area (Å²) in [4.78, 5) is 0. The summed E-state index contributed by atoms with van der Waals surface area (Å²) in [7, 11) is 2.06. The molecule has 0 bridgehead atoms. The lowest BCUT2D eigenvalue weighted by molar-refractivity contribution is 0.200. The van der Waals surface area contributed by atoms with E-state index in [-0.39, 0.29) is 0 Å². The number of ether oxygens (including phenoxy) is 1. The molecule has 0 unspecified atom stereocenters. The molecule has 0 radical (unpaired) electrons. The molecule has 1 aromatic carbocycles. The van der Waals surface area contributed by atoms with E-state index in [4.69, 9.17) is 4.74 Å². The lowest BCUT2D eigenvalue weighted by Crippen LogP contribution is -2.45. The molecule has 16 heavy (non-hydrogen) atoms. The average Bonchev–Trinajstić information content (AvgIpc) is 2.59. The van der Waals surface area contributed by atoms with Gasteiger partial charge in [0.2, 0.25) is 0 Å². The van der Waals surface area contributed by atoms with E-state index in [9.17, 15) is 0 Å². The zero-order valence-electron chi connectivity index (χ0n) is 9.44. The number of nitrogens with one attached hydrogen (secondary N) is 1. The first-order valence-corrected chi connectivity index (χ1v) is 5.72. The van der Waals surface area contributed by atoms with Gasteiger partial charge < -0.3 is 14.6 Å². The van der Waals surface area contributed by atoms with Crippen LogP contribution in [0.25, 0.3) is 10.9 Å². The van der Waals surface area contributed by atoms with Crippen molar-refractivity contribution in [2.45, 2.75) is 0 Å². The molecule has 0 atom stereocenters. The van der Waals surface area contributed by atoms with Crippen molar-refractivity contribution in [2.75, 3.05) is 19.7 Å². The Kier molecular flexibility index (Phi) is 2.33. The molecule has 3 nitrogen and oxygen atoms in total. The van der Waals surface area contributed by atoms with E-state index in [2.05, 4.69) is 47.4 Å². The van der Waals surface area contributed by atoms with E-state index in [1.807, 2.05) is 0 Å². The average molecular weight is 216 g/mol. The predicted molar refractivity (Wildman–Crippen MR) is 64.8 cm³/mol. The smallest absolute Gasteiger partial charge is 0.143 e. The van der Waals surface area contributed by atoms with Gasteiger partial charge in [-0.05, 0) is 12.1 Å². The Labute approximate surface area is 95.0 Å². The number of para-hydroxylation sites is 1. The van der Waals surface area contributed by atoms with E-state index in [0.717, 1.165) is 25.4 Å². The molecule has 0 aliphatic carbocycles. The Morgan fingerprint density at radius 2 is 2.25 bits per heavy atom. The largest absolute Gasteiger partial charge is 0.491 e. The van der Waals surface area contributed by atoms with E-state index in [0.29, 0.717) is 5.92 Å². The molecule has 3 heteroatoms. The predicted octanol–water partition coefficient (Wildman–Crippen LogP) is 1.78. The fourth-order valence-corrected chi connectivity index (χ4v) is 2.11. The highest BCUT2D eigenvalue weighted by molar-refractivity contribution is 5.85. The molecule has 0 saturated carbocycles. The lowest BCUT2D eigenvalue weighted by Gasteiger charge is -2.27. The fraction of sp³-hybridized carbons (Fsp3) is 0.385. The Hall–Kier alpha value is -1.48. The van der Waals surface area contributed by atoms with Crippen LogP contribution in [0.15, 0.2) is 30.5 Å². The zero-order valence-corrected chi connectivity index (χ0v) is 9.44. The highest BCUT2D eigenvalue weighted by Gasteiger charge is 2.17. The first kappa shape index (κ1) is 9.73. The molecule has 0 spiro atoms. The molecule has 2 heterocycles. The van der Waals surface area contributed by atoms with Crippen LogP contribution in [-0.2, 0) is 7.05 Å². The number of rotatable bonds is 3. The van der Waals surface area contributed by atoms with Gasteiger partial charge in [0.25, 0.3) is 0 Å². The molecule has 3 rings (SSSR count). The number of hydrogen-bond acceptors (Lipinski definition) is 2. The van der Waals surface area contributed by atoms with Crippen LogP contribution < -0.4 is 10.1 Å². The van der Waals surface area contributed by atoms with Crippen molar-refractivity contribution in [3.05, 3.63) is 30.5 Å². The van der Waals surface area contributed by atoms with Crippen LogP contribution in [0.2, 0.25) is 0 Å². The van der Waals surface area contributed by atoms with E-state index >= 15 is 0 Å². The maximum absolute atomic E-state index is 5.90. The lowest BCUT2D eigenvalue weighted by atomic mass is 10.1. The van der Waals surface area contributed by atoms with Crippen molar-refractivity contribution in [2.24, 2.45) is 13.0 Å². The summed E-state index contributed by atoms with van der Waals surface area (Å²) in [6.45, 7) is 2.99. The van der Waals surface area contributed by atoms with Gasteiger partial charge in [-0.2, -0.15) is 0 Å². The highest BCUT2D eigenvalue weighted by Crippen LogP contribution is 2.26. The van der Waals surface area contributed by atoms with Gasteiger partial charge in [-0.3, -0.25) is 0 Å². The summed E-state index contributed by atoms with van der Waals surface area (Å²) < 4.78 is 8.02. The van der Waals surface area contributed by atoms with E-state index in [1.165, 1.54) is 10.9 Å². The number of fused-ring (bicyclic) bond motifs is 1. The van der Waals surface area contributed by atoms with Gasteiger partial charge in [-0.25, -0.2) is 0 Å². The van der Waals surface area contributed by atoms with Crippen LogP contribution in [0, 0.1) is 5.92 Å². The van der Waals surface area contributed by atoms with Gasteiger partial charge in [-0.1, -0.05) is 12.1 Å². The minimum absolute atomic E-state index is 0.676. The Morgan fingerprint density at radius 1 is 1.38 bits per heavy atom. The summed E-state index contributed by atoms with van der Waals surface area (Å²) in [5.41, 5.74) is 1.19. The van der Waals surface area contributed by atoms with Crippen LogP contribution in [0.3, 0.4) is 0 Å². The standard InChI is InChI=1S/C13H16N2O/c1-15-6-5-11-3-2-4-12(13(11)15)16-9-10-7-14-8-10/h2-6,10,14H,7-9H2,1H3. The van der Waals surface area contributed by atoms with Crippen molar-refractivity contribution >= 4 is 10.9 Å². The van der Waals surface area contributed by atoms with Gasteiger partial charge >= 0.3 is 0 Å². The Bertz CT molecular complexity index is 500. The van der Waals surface area contributed by atoms with Gasteiger partial charge in [0.1, 0.15) is 5.75 Å². The maximum atomic E-state index is 5.90. The van der Waals surface area contributed by atoms with Crippen LogP contribution in [0.4, 0.5) is 0 Å². The summed E-state index contributed by atoms with van der Waals surface area (Å²) in [6, 6.07) is 8.34. The van der Waals surface area contributed by atoms with Crippen LogP contribution in [-0.4, -0.2) is 24.3 Å². The first-order valence-electron chi connectivity index (χ1n) is 5.72. The third kappa shape index (κ3) is 1.57. The van der Waals surface area contributed by atoms with Gasteiger partial charge in [0, 0.05) is 37.6 Å². The number of hydrogen-bond donors (Lipinski definition) is 1. The molecule has 1 aliphatic rings. The van der Waals surface area contributed by atoms with Gasteiger partial charge in [0.05, 0.1) is 12.1 Å². The fourth-order valence-electron chi connectivity index (χ4n) is 2.11. The minimum atomic E-state index is 0.676. The minimum Gasteiger partial charge on any atom is -0.491 e. The molecule has 0 amide bonds. The third-order valence-corrected chi connectivity index (χ3v) is 3.20. The van der Waals surface area contributed by atoms with Crippen molar-refractivity contribution in [3.8, 4) is 5.75 Å². The van der Waals surface area contributed by atoms with Crippen LogP contribution in [0.1, 0.15) is 0 Å². The van der Waals surface area contributed by atoms with Crippen molar-refractivity contribution < 1.29 is 4.74 Å². The molecule has 1 N–H and O–H groups in total. The second-order valence-corrected chi connectivity index (χ2v) is 4.46. The molecule has 1 aliphatic heterocycles. The van der Waals surface area contributed by atoms with E-state index < -0.39 is 0 Å². The Balaban J connectivity index is 1.86. The number of aryl methyl sites for hydroxylation is 1. The molecular formula is C13H16N2O. The molecule has 1 fully saturated rings. The molecule has 2 aromatic rings. The Morgan fingerprint density at radius 3 is 3.00 bits per heavy atom. The monoisotopic (exact) mass is 216 g/mol. The normalized spacial score (nSPS) is 16.3. The number of aromatic nitrogens is 1. The SMILES string of the molecule is Cn1ccc2cccc(OCC3CNC3)c21. The molecule has 1 aromatic heterocycles. The van der Waals surface area contributed by atoms with Crippen LogP contribution in [0.5, 0.6) is 5.75 Å². The van der Waals surface area contributed by atoms with Crippen LogP contribution >= 0.6 is 0 Å². The van der Waals surface area contributed by atoms with Crippen molar-refractivity contribution in [3.63, 3.8) is 0 Å². The summed E-state index contributed by atoms with van der Waals surface area (Å²) >= 11 is 0.